The average Bonchev–Trinajstić information content (AvgIpc) is 2.81. The van der Waals surface area contributed by atoms with Crippen LogP contribution in [0.1, 0.15) is 66.7 Å². The summed E-state index contributed by atoms with van der Waals surface area (Å²) in [5.74, 6) is -3.06. The molecule has 2 amide bonds. The molecule has 0 spiro atoms. The predicted molar refractivity (Wildman–Crippen MR) is 143 cm³/mol. The largest absolute Gasteiger partial charge is 0.394 e. The highest BCUT2D eigenvalue weighted by molar-refractivity contribution is 5.93. The molecule has 0 radical (unpaired) electrons. The summed E-state index contributed by atoms with van der Waals surface area (Å²) in [6, 6.07) is -1.36. The van der Waals surface area contributed by atoms with Gasteiger partial charge in [-0.25, -0.2) is 8.78 Å². The monoisotopic (exact) mass is 494 g/mol. The fourth-order valence-electron chi connectivity index (χ4n) is 2.70. The molecule has 0 aromatic rings. The van der Waals surface area contributed by atoms with E-state index in [1.54, 1.807) is 37.3 Å². The van der Waals surface area contributed by atoms with Crippen molar-refractivity contribution in [2.75, 3.05) is 6.54 Å². The summed E-state index contributed by atoms with van der Waals surface area (Å²) in [6.07, 6.45) is 18.7. The first-order chi connectivity index (χ1) is 16.5. The summed E-state index contributed by atoms with van der Waals surface area (Å²) in [5, 5.41) is 4.96. The molecule has 6 nitrogen and oxygen atoms in total. The number of hydrogen-bond acceptors (Lipinski definition) is 4. The van der Waals surface area contributed by atoms with Gasteiger partial charge in [-0.1, -0.05) is 69.6 Å². The van der Waals surface area contributed by atoms with Crippen LogP contribution in [0.15, 0.2) is 65.0 Å². The van der Waals surface area contributed by atoms with Crippen LogP contribution in [0.4, 0.5) is 8.78 Å². The van der Waals surface area contributed by atoms with Crippen LogP contribution >= 0.6 is 0 Å². The Balaban J connectivity index is 0. The maximum absolute atomic E-state index is 13.7. The van der Waals surface area contributed by atoms with Crippen LogP contribution in [-0.4, -0.2) is 37.5 Å². The first-order valence-electron chi connectivity index (χ1n) is 11.9. The Morgan fingerprint density at radius 3 is 2.43 bits per heavy atom. The van der Waals surface area contributed by atoms with Gasteiger partial charge in [0.25, 0.3) is 11.8 Å². The Morgan fingerprint density at radius 2 is 1.89 bits per heavy atom. The number of nitrogens with zero attached hydrogens (tertiary/aromatic N) is 1. The molecule has 0 fully saturated rings. The van der Waals surface area contributed by atoms with Crippen molar-refractivity contribution in [2.24, 2.45) is 16.6 Å². The molecule has 0 saturated carbocycles. The first-order valence-corrected chi connectivity index (χ1v) is 11.9. The van der Waals surface area contributed by atoms with E-state index in [4.69, 9.17) is 5.73 Å². The van der Waals surface area contributed by atoms with E-state index in [1.165, 1.54) is 31.5 Å². The Bertz CT molecular complexity index is 751. The third kappa shape index (κ3) is 20.1. The van der Waals surface area contributed by atoms with Crippen LogP contribution in [0.5, 0.6) is 0 Å². The standard InChI is InChI=1S/C18H25F2N3O.C9H19NO/c1-5-6-8-11-14(2)16(21)17(24)23-15(18(3,19)20)12-9-7-10-13-22-4;1-3-4-5-9(2)6-7-10-8-11/h5-11,13,15H,4,12,21H2,1-3H3,(H,23,24);8-9H,3-7H2,1-2H3,(H,10,11)/b6-5-,9-7-,11-8-,13-10-,16-14+;. The normalized spacial score (nSPS) is 14.5. The van der Waals surface area contributed by atoms with Crippen LogP contribution in [0.3, 0.4) is 0 Å². The van der Waals surface area contributed by atoms with Gasteiger partial charge in [-0.2, -0.15) is 0 Å². The fraction of sp³-hybridized carbons (Fsp3) is 0.519. The molecule has 0 heterocycles. The smallest absolute Gasteiger partial charge is 0.267 e. The number of nitrogens with two attached hydrogens (primary N) is 1. The van der Waals surface area contributed by atoms with E-state index in [0.29, 0.717) is 5.57 Å². The molecular formula is C27H44F2N4O2. The van der Waals surface area contributed by atoms with Gasteiger partial charge in [-0.15, -0.1) is 0 Å². The molecular weight excluding hydrogens is 450 g/mol. The molecule has 0 aliphatic heterocycles. The summed E-state index contributed by atoms with van der Waals surface area (Å²) in [5.41, 5.74) is 6.13. The van der Waals surface area contributed by atoms with Gasteiger partial charge in [0.15, 0.2) is 0 Å². The van der Waals surface area contributed by atoms with Crippen LogP contribution in [0.2, 0.25) is 0 Å². The maximum Gasteiger partial charge on any atom is 0.267 e. The van der Waals surface area contributed by atoms with Crippen molar-refractivity contribution in [2.45, 2.75) is 78.7 Å². The van der Waals surface area contributed by atoms with Crippen LogP contribution < -0.4 is 16.4 Å². The Morgan fingerprint density at radius 1 is 1.20 bits per heavy atom. The van der Waals surface area contributed by atoms with E-state index in [-0.39, 0.29) is 12.1 Å². The quantitative estimate of drug-likeness (QED) is 0.0856. The minimum absolute atomic E-state index is 0.0442. The number of unbranched alkanes of at least 4 members (excludes halogenated alkanes) is 1. The molecule has 0 aromatic carbocycles. The first kappa shape index (κ1) is 34.1. The second-order valence-corrected chi connectivity index (χ2v) is 8.26. The van der Waals surface area contributed by atoms with E-state index >= 15 is 0 Å². The van der Waals surface area contributed by atoms with Gasteiger partial charge < -0.3 is 16.4 Å². The Hall–Kier alpha value is -3.03. The second-order valence-electron chi connectivity index (χ2n) is 8.26. The van der Waals surface area contributed by atoms with Gasteiger partial charge in [-0.3, -0.25) is 14.6 Å². The number of rotatable bonds is 16. The van der Waals surface area contributed by atoms with Gasteiger partial charge in [0, 0.05) is 19.7 Å². The molecule has 0 bridgehead atoms. The zero-order chi connectivity index (χ0) is 27.1. The lowest BCUT2D eigenvalue weighted by Gasteiger charge is -2.24. The summed E-state index contributed by atoms with van der Waals surface area (Å²) >= 11 is 0. The van der Waals surface area contributed by atoms with E-state index in [9.17, 15) is 18.4 Å². The number of amides is 2. The number of carbonyl (C=O) groups excluding carboxylic acids is 2. The van der Waals surface area contributed by atoms with Gasteiger partial charge in [0.1, 0.15) is 5.70 Å². The number of nitrogens with one attached hydrogen (secondary N) is 2. The molecule has 0 saturated heterocycles. The number of halogens is 2. The SMILES string of the molecule is C=N/C=C\C=C/CC(NC(=O)\C(N)=C(C)/C=C\C=C/C)C(C)(F)F.CCCCC(C)CCNC=O. The van der Waals surface area contributed by atoms with Crippen molar-refractivity contribution >= 4 is 19.0 Å². The van der Waals surface area contributed by atoms with E-state index in [2.05, 4.69) is 36.2 Å². The number of allylic oxidation sites excluding steroid dienone is 7. The molecule has 0 aliphatic carbocycles. The molecule has 0 aliphatic rings. The number of carbonyl (C=O) groups is 2. The minimum Gasteiger partial charge on any atom is -0.394 e. The molecule has 2 atom stereocenters. The molecule has 8 heteroatoms. The Kier molecular flexibility index (Phi) is 21.0. The molecule has 35 heavy (non-hydrogen) atoms. The highest BCUT2D eigenvalue weighted by Crippen LogP contribution is 2.21. The molecule has 4 N–H and O–H groups in total. The molecule has 198 valence electrons. The van der Waals surface area contributed by atoms with Crippen LogP contribution in [0, 0.1) is 5.92 Å². The zero-order valence-corrected chi connectivity index (χ0v) is 21.9. The second kappa shape index (κ2) is 21.5. The van der Waals surface area contributed by atoms with Crippen molar-refractivity contribution in [1.29, 1.82) is 0 Å². The highest BCUT2D eigenvalue weighted by atomic mass is 19.3. The van der Waals surface area contributed by atoms with Crippen molar-refractivity contribution in [1.82, 2.24) is 10.6 Å². The lowest BCUT2D eigenvalue weighted by molar-refractivity contribution is -0.121. The Labute approximate surface area is 210 Å². The molecule has 0 rings (SSSR count). The molecule has 0 aromatic heterocycles. The van der Waals surface area contributed by atoms with E-state index in [0.717, 1.165) is 32.2 Å². The van der Waals surface area contributed by atoms with Crippen LogP contribution in [0.25, 0.3) is 0 Å². The van der Waals surface area contributed by atoms with Crippen molar-refractivity contribution < 1.29 is 18.4 Å². The van der Waals surface area contributed by atoms with Gasteiger partial charge >= 0.3 is 0 Å². The third-order valence-corrected chi connectivity index (χ3v) is 4.96. The van der Waals surface area contributed by atoms with Crippen molar-refractivity contribution in [3.8, 4) is 0 Å². The number of alkyl halides is 2. The van der Waals surface area contributed by atoms with Crippen molar-refractivity contribution in [3.63, 3.8) is 0 Å². The van der Waals surface area contributed by atoms with E-state index in [1.807, 2.05) is 13.0 Å². The van der Waals surface area contributed by atoms with Crippen molar-refractivity contribution in [3.05, 3.63) is 60.0 Å². The third-order valence-electron chi connectivity index (χ3n) is 4.96. The summed E-state index contributed by atoms with van der Waals surface area (Å²) < 4.78 is 27.3. The highest BCUT2D eigenvalue weighted by Gasteiger charge is 2.34. The topological polar surface area (TPSA) is 96.6 Å². The minimum atomic E-state index is -3.09. The maximum atomic E-state index is 13.7. The lowest BCUT2D eigenvalue weighted by atomic mass is 10.0. The fourth-order valence-corrected chi connectivity index (χ4v) is 2.70. The average molecular weight is 495 g/mol. The number of aliphatic imine (C=N–C) groups is 1. The van der Waals surface area contributed by atoms with Crippen LogP contribution in [-0.2, 0) is 9.59 Å². The van der Waals surface area contributed by atoms with Gasteiger partial charge in [0.2, 0.25) is 6.41 Å². The lowest BCUT2D eigenvalue weighted by Crippen LogP contribution is -2.47. The number of hydrogen-bond donors (Lipinski definition) is 3. The van der Waals surface area contributed by atoms with Gasteiger partial charge in [0.05, 0.1) is 6.04 Å². The summed E-state index contributed by atoms with van der Waals surface area (Å²) in [6.45, 7) is 12.8. The molecule has 2 unspecified atom stereocenters. The van der Waals surface area contributed by atoms with E-state index < -0.39 is 17.9 Å². The predicted octanol–water partition coefficient (Wildman–Crippen LogP) is 5.60. The summed E-state index contributed by atoms with van der Waals surface area (Å²) in [7, 11) is 0. The van der Waals surface area contributed by atoms with Gasteiger partial charge in [-0.05, 0) is 51.0 Å². The zero-order valence-electron chi connectivity index (χ0n) is 21.9. The summed E-state index contributed by atoms with van der Waals surface area (Å²) in [4.78, 5) is 25.4.